The van der Waals surface area contributed by atoms with E-state index in [1.165, 1.54) is 4.90 Å². The molecule has 3 atom stereocenters. The highest BCUT2D eigenvalue weighted by molar-refractivity contribution is 8.09. The Morgan fingerprint density at radius 1 is 1.39 bits per heavy atom. The number of ether oxygens (including phenoxy) is 1. The van der Waals surface area contributed by atoms with Crippen molar-refractivity contribution in [3.05, 3.63) is 35.7 Å². The summed E-state index contributed by atoms with van der Waals surface area (Å²) < 4.78 is 5.35. The van der Waals surface area contributed by atoms with E-state index in [1.807, 2.05) is 12.3 Å². The predicted octanol–water partition coefficient (Wildman–Crippen LogP) is 2.61. The third-order valence-corrected chi connectivity index (χ3v) is 7.48. The number of hydrogen-bond acceptors (Lipinski definition) is 6. The number of carbonyl (C=O) groups excluding carboxylic acids is 2. The number of thioether (sulfide) groups is 1. The number of amides is 2. The molecule has 4 rings (SSSR count). The number of allylic oxidation sites excluding steroid dienone is 1. The number of pyridine rings is 1. The monoisotopic (exact) mass is 467 g/mol. The first kappa shape index (κ1) is 23.3. The molecule has 0 radical (unpaired) electrons. The fraction of sp³-hybridized carbons (Fsp3) is 0.500. The van der Waals surface area contributed by atoms with Crippen LogP contribution in [-0.4, -0.2) is 64.4 Å². The van der Waals surface area contributed by atoms with E-state index in [2.05, 4.69) is 38.5 Å². The average Bonchev–Trinajstić information content (AvgIpc) is 3.39. The van der Waals surface area contributed by atoms with Crippen molar-refractivity contribution in [2.24, 2.45) is 10.9 Å². The number of nitrogens with zero attached hydrogens (tertiary/aromatic N) is 3. The Labute approximate surface area is 198 Å². The molecule has 2 unspecified atom stereocenters. The van der Waals surface area contributed by atoms with Gasteiger partial charge in [0.25, 0.3) is 0 Å². The molecular formula is C24H29N5O3S. The lowest BCUT2D eigenvalue weighted by Crippen LogP contribution is -2.70. The van der Waals surface area contributed by atoms with Gasteiger partial charge in [-0.15, -0.1) is 22.7 Å². The quantitative estimate of drug-likeness (QED) is 0.646. The molecule has 1 aromatic rings. The SMILES string of the molecule is CC#Cc1cncc(C2=CCC([C@]34CNCC3C(=O)N(C)/C(=N/C(=O)OC(C)(C)C)N4)S2)c1. The van der Waals surface area contributed by atoms with E-state index >= 15 is 0 Å². The Balaban J connectivity index is 1.59. The minimum Gasteiger partial charge on any atom is -0.442 e. The van der Waals surface area contributed by atoms with Crippen molar-refractivity contribution in [1.82, 2.24) is 20.5 Å². The molecule has 174 valence electrons. The van der Waals surface area contributed by atoms with Crippen LogP contribution in [0.5, 0.6) is 0 Å². The van der Waals surface area contributed by atoms with Gasteiger partial charge in [0.15, 0.2) is 0 Å². The Morgan fingerprint density at radius 2 is 2.18 bits per heavy atom. The second-order valence-corrected chi connectivity index (χ2v) is 10.7. The number of aromatic nitrogens is 1. The largest absolute Gasteiger partial charge is 0.442 e. The van der Waals surface area contributed by atoms with Crippen LogP contribution in [0, 0.1) is 17.8 Å². The third kappa shape index (κ3) is 4.63. The fourth-order valence-corrected chi connectivity index (χ4v) is 5.90. The average molecular weight is 468 g/mol. The summed E-state index contributed by atoms with van der Waals surface area (Å²) >= 11 is 1.73. The van der Waals surface area contributed by atoms with Gasteiger partial charge in [0, 0.05) is 53.8 Å². The standard InChI is InChI=1S/C24H29N5O3S/c1-6-7-15-10-16(12-25-11-15)18-8-9-19(33-18)24-14-26-13-17(24)20(30)29(5)21(28-24)27-22(31)32-23(2,3)4/h8,10-12,17,19,26H,9,13-14H2,1-5H3,(H,27,28,31)/t17?,19?,24-/m0/s1. The highest BCUT2D eigenvalue weighted by atomic mass is 32.2. The molecule has 8 nitrogen and oxygen atoms in total. The normalized spacial score (nSPS) is 28.0. The van der Waals surface area contributed by atoms with Crippen LogP contribution in [0.2, 0.25) is 0 Å². The smallest absolute Gasteiger partial charge is 0.437 e. The van der Waals surface area contributed by atoms with Gasteiger partial charge in [-0.3, -0.25) is 14.7 Å². The van der Waals surface area contributed by atoms with Crippen LogP contribution in [0.4, 0.5) is 4.79 Å². The van der Waals surface area contributed by atoms with E-state index in [1.54, 1.807) is 52.7 Å². The highest BCUT2D eigenvalue weighted by Crippen LogP contribution is 2.48. The summed E-state index contributed by atoms with van der Waals surface area (Å²) in [6.45, 7) is 8.33. The number of aliphatic imine (C=N–C) groups is 1. The number of nitrogens with one attached hydrogen (secondary N) is 2. The molecule has 0 aliphatic carbocycles. The molecule has 0 saturated carbocycles. The first-order valence-electron chi connectivity index (χ1n) is 11.0. The second-order valence-electron chi connectivity index (χ2n) is 9.41. The number of fused-ring (bicyclic) bond motifs is 1. The van der Waals surface area contributed by atoms with Crippen molar-refractivity contribution in [3.63, 3.8) is 0 Å². The van der Waals surface area contributed by atoms with E-state index in [-0.39, 0.29) is 23.0 Å². The molecule has 0 spiro atoms. The minimum absolute atomic E-state index is 0.0583. The van der Waals surface area contributed by atoms with Crippen molar-refractivity contribution in [2.45, 2.75) is 50.5 Å². The van der Waals surface area contributed by atoms with Crippen molar-refractivity contribution in [2.75, 3.05) is 20.1 Å². The second kappa shape index (κ2) is 8.84. The summed E-state index contributed by atoms with van der Waals surface area (Å²) in [6, 6.07) is 2.04. The van der Waals surface area contributed by atoms with E-state index < -0.39 is 17.2 Å². The Kier molecular flexibility index (Phi) is 6.25. The van der Waals surface area contributed by atoms with Gasteiger partial charge in [0.2, 0.25) is 11.9 Å². The number of rotatable bonds is 2. The zero-order chi connectivity index (χ0) is 23.8. The molecule has 3 aliphatic rings. The third-order valence-electron chi connectivity index (χ3n) is 5.92. The molecule has 3 aliphatic heterocycles. The van der Waals surface area contributed by atoms with Crippen molar-refractivity contribution < 1.29 is 14.3 Å². The number of hydrogen-bond donors (Lipinski definition) is 2. The van der Waals surface area contributed by atoms with Crippen molar-refractivity contribution >= 4 is 34.6 Å². The Hall–Kier alpha value is -2.83. The molecule has 33 heavy (non-hydrogen) atoms. The first-order valence-corrected chi connectivity index (χ1v) is 11.8. The molecule has 0 bridgehead atoms. The van der Waals surface area contributed by atoms with Crippen LogP contribution in [0.3, 0.4) is 0 Å². The van der Waals surface area contributed by atoms with Gasteiger partial charge in [0.05, 0.1) is 11.5 Å². The zero-order valence-electron chi connectivity index (χ0n) is 19.6. The molecule has 2 amide bonds. The van der Waals surface area contributed by atoms with E-state index in [0.29, 0.717) is 13.1 Å². The molecule has 1 aromatic heterocycles. The minimum atomic E-state index is -0.720. The van der Waals surface area contributed by atoms with Gasteiger partial charge in [0.1, 0.15) is 5.60 Å². The number of carbonyl (C=O) groups is 2. The van der Waals surface area contributed by atoms with Gasteiger partial charge < -0.3 is 15.4 Å². The summed E-state index contributed by atoms with van der Waals surface area (Å²) in [5.41, 5.74) is 0.654. The molecule has 2 N–H and O–H groups in total. The van der Waals surface area contributed by atoms with Crippen LogP contribution < -0.4 is 10.6 Å². The van der Waals surface area contributed by atoms with E-state index in [0.717, 1.165) is 22.5 Å². The maximum atomic E-state index is 13.3. The van der Waals surface area contributed by atoms with Crippen molar-refractivity contribution in [3.8, 4) is 11.8 Å². The highest BCUT2D eigenvalue weighted by Gasteiger charge is 2.57. The van der Waals surface area contributed by atoms with E-state index in [4.69, 9.17) is 4.74 Å². The van der Waals surface area contributed by atoms with Crippen molar-refractivity contribution in [1.29, 1.82) is 0 Å². The summed E-state index contributed by atoms with van der Waals surface area (Å²) in [5, 5.41) is 6.93. The summed E-state index contributed by atoms with van der Waals surface area (Å²) in [4.78, 5) is 36.6. The maximum Gasteiger partial charge on any atom is 0.437 e. The van der Waals surface area contributed by atoms with Gasteiger partial charge in [-0.05, 0) is 40.2 Å². The fourth-order valence-electron chi connectivity index (χ4n) is 4.44. The molecule has 2 fully saturated rings. The molecular weight excluding hydrogens is 438 g/mol. The lowest BCUT2D eigenvalue weighted by atomic mass is 9.80. The summed E-state index contributed by atoms with van der Waals surface area (Å²) in [6.07, 6.45) is 5.85. The van der Waals surface area contributed by atoms with Gasteiger partial charge in [-0.1, -0.05) is 12.0 Å². The van der Waals surface area contributed by atoms with Gasteiger partial charge >= 0.3 is 6.09 Å². The maximum absolute atomic E-state index is 13.3. The molecule has 2 saturated heterocycles. The lowest BCUT2D eigenvalue weighted by molar-refractivity contribution is -0.133. The Morgan fingerprint density at radius 3 is 2.91 bits per heavy atom. The number of guanidine groups is 1. The summed E-state index contributed by atoms with van der Waals surface area (Å²) in [7, 11) is 1.64. The van der Waals surface area contributed by atoms with Crippen LogP contribution in [0.1, 0.15) is 45.2 Å². The molecule has 0 aromatic carbocycles. The molecule has 9 heteroatoms. The zero-order valence-corrected chi connectivity index (χ0v) is 20.4. The lowest BCUT2D eigenvalue weighted by Gasteiger charge is -2.46. The summed E-state index contributed by atoms with van der Waals surface area (Å²) in [5.74, 6) is 5.86. The molecule has 4 heterocycles. The van der Waals surface area contributed by atoms with Gasteiger partial charge in [-0.25, -0.2) is 4.79 Å². The van der Waals surface area contributed by atoms with Gasteiger partial charge in [-0.2, -0.15) is 0 Å². The first-order chi connectivity index (χ1) is 15.6. The van der Waals surface area contributed by atoms with Crippen LogP contribution in [-0.2, 0) is 9.53 Å². The van der Waals surface area contributed by atoms with Crippen LogP contribution in [0.25, 0.3) is 4.91 Å². The topological polar surface area (TPSA) is 95.9 Å². The van der Waals surface area contributed by atoms with Crippen LogP contribution >= 0.6 is 11.8 Å². The predicted molar refractivity (Wildman–Crippen MR) is 129 cm³/mol. The van der Waals surface area contributed by atoms with E-state index in [9.17, 15) is 9.59 Å². The van der Waals surface area contributed by atoms with Crippen LogP contribution in [0.15, 0.2) is 29.5 Å². The Bertz CT molecular complexity index is 1100.